The average Bonchev–Trinajstić information content (AvgIpc) is 2.41. The standard InChI is InChI=1S/C16H22ClNO4Te/c1-16(2,3)22-15(21)18-12(6-9-14(19)20)10-23-13-7-4-11(17)5-8-13/h4-5,7-8,12H,6,9-10H2,1-3H3,(H,18,21)(H,19,20)/t12-/m0/s1. The number of nitrogens with one attached hydrogen (secondary N) is 1. The minimum absolute atomic E-state index is 0.0219. The van der Waals surface area contributed by atoms with Crippen LogP contribution in [0.2, 0.25) is 9.49 Å². The molecule has 0 spiro atoms. The van der Waals surface area contributed by atoms with Gasteiger partial charge in [-0.3, -0.25) is 0 Å². The molecular weight excluding hydrogens is 433 g/mol. The van der Waals surface area contributed by atoms with E-state index in [0.717, 1.165) is 4.47 Å². The first kappa shape index (κ1) is 20.1. The van der Waals surface area contributed by atoms with Crippen molar-refractivity contribution in [2.75, 3.05) is 0 Å². The van der Waals surface area contributed by atoms with Crippen LogP contribution in [0.25, 0.3) is 0 Å². The van der Waals surface area contributed by atoms with Crippen molar-refractivity contribution in [1.82, 2.24) is 5.32 Å². The Hall–Kier alpha value is -0.960. The van der Waals surface area contributed by atoms with E-state index in [9.17, 15) is 9.59 Å². The molecule has 0 radical (unpaired) electrons. The number of ether oxygens (including phenoxy) is 1. The molecule has 0 aliphatic heterocycles. The van der Waals surface area contributed by atoms with Crippen LogP contribution < -0.4 is 8.93 Å². The summed E-state index contributed by atoms with van der Waals surface area (Å²) in [5, 5.41) is 12.3. The van der Waals surface area contributed by atoms with E-state index < -0.39 is 38.6 Å². The molecule has 0 saturated carbocycles. The van der Waals surface area contributed by atoms with Gasteiger partial charge in [0.05, 0.1) is 0 Å². The Bertz CT molecular complexity index is 528. The molecule has 2 N–H and O–H groups in total. The number of carbonyl (C=O) groups is 2. The fourth-order valence-electron chi connectivity index (χ4n) is 1.70. The van der Waals surface area contributed by atoms with Crippen molar-refractivity contribution in [3.8, 4) is 0 Å². The molecule has 23 heavy (non-hydrogen) atoms. The molecule has 1 atom stereocenters. The summed E-state index contributed by atoms with van der Waals surface area (Å²) < 4.78 is 7.22. The van der Waals surface area contributed by atoms with Crippen molar-refractivity contribution >= 4 is 48.2 Å². The van der Waals surface area contributed by atoms with Crippen LogP contribution in [0.5, 0.6) is 0 Å². The molecule has 0 aliphatic rings. The van der Waals surface area contributed by atoms with E-state index in [1.807, 2.05) is 24.3 Å². The quantitative estimate of drug-likeness (QED) is 0.621. The predicted octanol–water partition coefficient (Wildman–Crippen LogP) is 2.85. The van der Waals surface area contributed by atoms with E-state index in [2.05, 4.69) is 5.32 Å². The zero-order valence-corrected chi connectivity index (χ0v) is 16.6. The van der Waals surface area contributed by atoms with Crippen molar-refractivity contribution < 1.29 is 19.4 Å². The molecule has 0 fully saturated rings. The molecule has 7 heteroatoms. The van der Waals surface area contributed by atoms with E-state index in [0.29, 0.717) is 11.4 Å². The zero-order valence-electron chi connectivity index (χ0n) is 13.5. The van der Waals surface area contributed by atoms with Gasteiger partial charge in [0, 0.05) is 0 Å². The second-order valence-corrected chi connectivity index (χ2v) is 9.60. The first-order chi connectivity index (χ1) is 10.7. The second kappa shape index (κ2) is 9.36. The van der Waals surface area contributed by atoms with Gasteiger partial charge < -0.3 is 0 Å². The number of aliphatic carboxylic acids is 1. The molecule has 1 aromatic rings. The van der Waals surface area contributed by atoms with Crippen molar-refractivity contribution in [2.24, 2.45) is 0 Å². The number of hydrogen-bond donors (Lipinski definition) is 2. The van der Waals surface area contributed by atoms with Crippen molar-refractivity contribution in [2.45, 2.75) is 49.7 Å². The van der Waals surface area contributed by atoms with Crippen molar-refractivity contribution in [3.63, 3.8) is 0 Å². The summed E-state index contributed by atoms with van der Waals surface area (Å²) in [6.07, 6.45) is -0.0856. The van der Waals surface area contributed by atoms with Gasteiger partial charge in [-0.2, -0.15) is 0 Å². The Morgan fingerprint density at radius 3 is 2.43 bits per heavy atom. The van der Waals surface area contributed by atoms with Crippen LogP contribution in [0.1, 0.15) is 33.6 Å². The van der Waals surface area contributed by atoms with Gasteiger partial charge in [-0.1, -0.05) is 0 Å². The molecule has 1 amide bonds. The van der Waals surface area contributed by atoms with Gasteiger partial charge in [-0.05, 0) is 0 Å². The molecule has 5 nitrogen and oxygen atoms in total. The number of carboxylic acid groups (broad SMARTS) is 1. The zero-order chi connectivity index (χ0) is 17.5. The summed E-state index contributed by atoms with van der Waals surface area (Å²) in [5.41, 5.74) is -0.575. The monoisotopic (exact) mass is 457 g/mol. The van der Waals surface area contributed by atoms with Gasteiger partial charge in [0.25, 0.3) is 0 Å². The molecule has 0 bridgehead atoms. The van der Waals surface area contributed by atoms with E-state index >= 15 is 0 Å². The van der Waals surface area contributed by atoms with Crippen LogP contribution in [0.4, 0.5) is 4.79 Å². The fraction of sp³-hybridized carbons (Fsp3) is 0.500. The van der Waals surface area contributed by atoms with E-state index in [1.165, 1.54) is 3.61 Å². The van der Waals surface area contributed by atoms with Gasteiger partial charge in [0.2, 0.25) is 0 Å². The van der Waals surface area contributed by atoms with Crippen LogP contribution in [0.15, 0.2) is 24.3 Å². The second-order valence-electron chi connectivity index (χ2n) is 6.04. The molecule has 0 aromatic heterocycles. The van der Waals surface area contributed by atoms with Gasteiger partial charge >= 0.3 is 152 Å². The molecule has 1 rings (SSSR count). The summed E-state index contributed by atoms with van der Waals surface area (Å²) in [6, 6.07) is 7.45. The Balaban J connectivity index is 2.58. The Labute approximate surface area is 151 Å². The Morgan fingerprint density at radius 2 is 1.91 bits per heavy atom. The first-order valence-electron chi connectivity index (χ1n) is 7.25. The maximum atomic E-state index is 11.9. The van der Waals surface area contributed by atoms with Crippen molar-refractivity contribution in [3.05, 3.63) is 29.3 Å². The van der Waals surface area contributed by atoms with Crippen LogP contribution in [0, 0.1) is 0 Å². The number of halogens is 1. The fourth-order valence-corrected chi connectivity index (χ4v) is 4.60. The van der Waals surface area contributed by atoms with Crippen LogP contribution in [0.3, 0.4) is 0 Å². The van der Waals surface area contributed by atoms with Gasteiger partial charge in [0.15, 0.2) is 0 Å². The topological polar surface area (TPSA) is 75.6 Å². The summed E-state index contributed by atoms with van der Waals surface area (Å²) in [5.74, 6) is -0.868. The molecule has 0 unspecified atom stereocenters. The van der Waals surface area contributed by atoms with Gasteiger partial charge in [-0.15, -0.1) is 0 Å². The summed E-state index contributed by atoms with van der Waals surface area (Å²) in [6.45, 7) is 5.38. The summed E-state index contributed by atoms with van der Waals surface area (Å²) in [7, 11) is 0. The third-order valence-corrected chi connectivity index (χ3v) is 6.30. The number of hydrogen-bond acceptors (Lipinski definition) is 3. The summed E-state index contributed by atoms with van der Waals surface area (Å²) in [4.78, 5) is 22.7. The van der Waals surface area contributed by atoms with Crippen molar-refractivity contribution in [1.29, 1.82) is 0 Å². The van der Waals surface area contributed by atoms with E-state index in [1.54, 1.807) is 20.8 Å². The molecule has 1 aromatic carbocycles. The number of carboxylic acids is 1. The third-order valence-electron chi connectivity index (χ3n) is 2.69. The number of rotatable bonds is 7. The van der Waals surface area contributed by atoms with E-state index in [4.69, 9.17) is 21.4 Å². The number of carbonyl (C=O) groups excluding carboxylic acids is 1. The normalized spacial score (nSPS) is 12.5. The molecular formula is C16H22ClNO4Te. The molecule has 0 saturated heterocycles. The van der Waals surface area contributed by atoms with Crippen LogP contribution in [-0.4, -0.2) is 49.7 Å². The predicted molar refractivity (Wildman–Crippen MR) is 91.7 cm³/mol. The van der Waals surface area contributed by atoms with E-state index in [-0.39, 0.29) is 12.5 Å². The van der Waals surface area contributed by atoms with Gasteiger partial charge in [0.1, 0.15) is 0 Å². The average molecular weight is 455 g/mol. The van der Waals surface area contributed by atoms with Crippen LogP contribution in [-0.2, 0) is 9.53 Å². The molecule has 0 heterocycles. The third kappa shape index (κ3) is 9.70. The molecule has 128 valence electrons. The number of benzene rings is 1. The maximum absolute atomic E-state index is 11.9. The SMILES string of the molecule is CC(C)(C)OC(=O)N[C@@H](CCC(=O)O)C[Te]c1ccc(Cl)cc1. The minimum atomic E-state index is -0.868. The van der Waals surface area contributed by atoms with Crippen LogP contribution >= 0.6 is 11.6 Å². The Kier molecular flexibility index (Phi) is 8.18. The Morgan fingerprint density at radius 1 is 1.30 bits per heavy atom. The number of alkyl carbamates (subject to hydrolysis) is 1. The molecule has 0 aliphatic carbocycles. The number of amides is 1. The van der Waals surface area contributed by atoms with Gasteiger partial charge in [-0.25, -0.2) is 0 Å². The first-order valence-corrected chi connectivity index (χ1v) is 10.4. The summed E-state index contributed by atoms with van der Waals surface area (Å²) >= 11 is 5.32.